The molecule has 1 saturated heterocycles. The lowest BCUT2D eigenvalue weighted by Gasteiger charge is -2.39. The Balaban J connectivity index is 1.39. The number of hydrogen-bond donors (Lipinski definition) is 0. The van der Waals surface area contributed by atoms with Crippen molar-refractivity contribution < 1.29 is 27.2 Å². The number of benzene rings is 2. The van der Waals surface area contributed by atoms with Gasteiger partial charge in [-0.15, -0.1) is 0 Å². The van der Waals surface area contributed by atoms with Gasteiger partial charge in [0.2, 0.25) is 0 Å². The minimum atomic E-state index is -4.45. The van der Waals surface area contributed by atoms with Gasteiger partial charge in [0, 0.05) is 25.7 Å². The van der Waals surface area contributed by atoms with Crippen LogP contribution in [0.25, 0.3) is 0 Å². The Hall–Kier alpha value is -3.33. The van der Waals surface area contributed by atoms with Gasteiger partial charge in [0.05, 0.1) is 11.6 Å². The number of halogens is 3. The number of amides is 1. The van der Waals surface area contributed by atoms with Crippen LogP contribution in [-0.4, -0.2) is 47.5 Å². The summed E-state index contributed by atoms with van der Waals surface area (Å²) >= 11 is 0. The van der Waals surface area contributed by atoms with Gasteiger partial charge < -0.3 is 14.2 Å². The molecule has 1 fully saturated rings. The normalized spacial score (nSPS) is 17.4. The molecule has 0 bridgehead atoms. The summed E-state index contributed by atoms with van der Waals surface area (Å²) in [4.78, 5) is 16.9. The number of ether oxygens (including phenoxy) is 1. The van der Waals surface area contributed by atoms with Gasteiger partial charge in [-0.25, -0.2) is 0 Å². The standard InChI is InChI=1S/C23H22F3N3O3/c1-28-10-11-29(14-21(28)16-6-3-2-4-7-16)22(30)20-13-19(32-27-20)15-31-18-9-5-8-17(12-18)23(24,25)26/h2-9,12-13,21H,10-11,14-15H2,1H3. The predicted molar refractivity (Wildman–Crippen MR) is 110 cm³/mol. The Morgan fingerprint density at radius 2 is 1.91 bits per heavy atom. The fourth-order valence-electron chi connectivity index (χ4n) is 3.65. The third-order valence-electron chi connectivity index (χ3n) is 5.44. The van der Waals surface area contributed by atoms with Crippen molar-refractivity contribution in [3.63, 3.8) is 0 Å². The van der Waals surface area contributed by atoms with Gasteiger partial charge in [0.25, 0.3) is 5.91 Å². The van der Waals surface area contributed by atoms with Crippen LogP contribution in [0.2, 0.25) is 0 Å². The first-order chi connectivity index (χ1) is 15.3. The maximum absolute atomic E-state index is 12.9. The summed E-state index contributed by atoms with van der Waals surface area (Å²) in [5, 5.41) is 3.84. The molecule has 1 aliphatic heterocycles. The van der Waals surface area contributed by atoms with E-state index < -0.39 is 11.7 Å². The summed E-state index contributed by atoms with van der Waals surface area (Å²) in [7, 11) is 2.03. The maximum atomic E-state index is 12.9. The molecule has 32 heavy (non-hydrogen) atoms. The zero-order chi connectivity index (χ0) is 22.7. The molecular weight excluding hydrogens is 423 g/mol. The molecule has 2 aromatic carbocycles. The first-order valence-electron chi connectivity index (χ1n) is 10.1. The minimum Gasteiger partial charge on any atom is -0.486 e. The summed E-state index contributed by atoms with van der Waals surface area (Å²) in [6.07, 6.45) is -4.45. The smallest absolute Gasteiger partial charge is 0.416 e. The van der Waals surface area contributed by atoms with E-state index in [0.717, 1.165) is 17.7 Å². The topological polar surface area (TPSA) is 58.8 Å². The van der Waals surface area contributed by atoms with Crippen molar-refractivity contribution >= 4 is 5.91 Å². The summed E-state index contributed by atoms with van der Waals surface area (Å²) in [6.45, 7) is 1.65. The Morgan fingerprint density at radius 1 is 1.12 bits per heavy atom. The number of aromatic nitrogens is 1. The van der Waals surface area contributed by atoms with Crippen LogP contribution in [-0.2, 0) is 12.8 Å². The van der Waals surface area contributed by atoms with Gasteiger partial charge in [-0.2, -0.15) is 13.2 Å². The molecule has 0 saturated carbocycles. The zero-order valence-corrected chi connectivity index (χ0v) is 17.4. The van der Waals surface area contributed by atoms with E-state index in [-0.39, 0.29) is 35.8 Å². The lowest BCUT2D eigenvalue weighted by Crippen LogP contribution is -2.49. The van der Waals surface area contributed by atoms with Crippen molar-refractivity contribution in [3.8, 4) is 5.75 Å². The molecule has 4 rings (SSSR count). The second-order valence-corrected chi connectivity index (χ2v) is 7.65. The Bertz CT molecular complexity index is 1070. The number of alkyl halides is 3. The van der Waals surface area contributed by atoms with Gasteiger partial charge in [-0.05, 0) is 30.8 Å². The number of hydrogen-bond acceptors (Lipinski definition) is 5. The fourth-order valence-corrected chi connectivity index (χ4v) is 3.65. The van der Waals surface area contributed by atoms with Crippen LogP contribution in [0.3, 0.4) is 0 Å². The number of carbonyl (C=O) groups excluding carboxylic acids is 1. The molecular formula is C23H22F3N3O3. The quantitative estimate of drug-likeness (QED) is 0.583. The van der Waals surface area contributed by atoms with E-state index in [0.29, 0.717) is 19.6 Å². The van der Waals surface area contributed by atoms with Gasteiger partial charge in [-0.1, -0.05) is 41.6 Å². The molecule has 3 aromatic rings. The number of carbonyl (C=O) groups is 1. The largest absolute Gasteiger partial charge is 0.486 e. The summed E-state index contributed by atoms with van der Waals surface area (Å²) < 4.78 is 49.1. The molecule has 0 spiro atoms. The summed E-state index contributed by atoms with van der Waals surface area (Å²) in [5.41, 5.74) is 0.471. The third-order valence-corrected chi connectivity index (χ3v) is 5.44. The van der Waals surface area contributed by atoms with E-state index >= 15 is 0 Å². The second-order valence-electron chi connectivity index (χ2n) is 7.65. The first kappa shape index (κ1) is 21.9. The van der Waals surface area contributed by atoms with Crippen LogP contribution in [0, 0.1) is 0 Å². The predicted octanol–water partition coefficient (Wildman–Crippen LogP) is 4.40. The van der Waals surface area contributed by atoms with Gasteiger partial charge in [0.15, 0.2) is 11.5 Å². The minimum absolute atomic E-state index is 0.0499. The monoisotopic (exact) mass is 445 g/mol. The molecule has 1 aliphatic rings. The Morgan fingerprint density at radius 3 is 2.66 bits per heavy atom. The number of piperazine rings is 1. The number of nitrogens with zero attached hydrogens (tertiary/aromatic N) is 3. The van der Waals surface area contributed by atoms with Gasteiger partial charge in [0.1, 0.15) is 12.4 Å². The van der Waals surface area contributed by atoms with E-state index in [2.05, 4.69) is 10.1 Å². The van der Waals surface area contributed by atoms with Crippen LogP contribution in [0.1, 0.15) is 33.4 Å². The molecule has 9 heteroatoms. The highest BCUT2D eigenvalue weighted by Gasteiger charge is 2.31. The van der Waals surface area contributed by atoms with Crippen LogP contribution >= 0.6 is 0 Å². The maximum Gasteiger partial charge on any atom is 0.416 e. The lowest BCUT2D eigenvalue weighted by molar-refractivity contribution is -0.137. The van der Waals surface area contributed by atoms with E-state index in [9.17, 15) is 18.0 Å². The van der Waals surface area contributed by atoms with E-state index in [4.69, 9.17) is 9.26 Å². The van der Waals surface area contributed by atoms with E-state index in [1.54, 1.807) is 4.90 Å². The van der Waals surface area contributed by atoms with E-state index in [1.807, 2.05) is 37.4 Å². The first-order valence-corrected chi connectivity index (χ1v) is 10.1. The summed E-state index contributed by atoms with van der Waals surface area (Å²) in [6, 6.07) is 16.1. The average molecular weight is 445 g/mol. The van der Waals surface area contributed by atoms with Crippen molar-refractivity contribution in [2.45, 2.75) is 18.8 Å². The van der Waals surface area contributed by atoms with Crippen LogP contribution in [0.5, 0.6) is 5.75 Å². The molecule has 0 N–H and O–H groups in total. The Kier molecular flexibility index (Phi) is 6.18. The molecule has 1 atom stereocenters. The van der Waals surface area contributed by atoms with Crippen molar-refractivity contribution in [3.05, 3.63) is 83.2 Å². The summed E-state index contributed by atoms with van der Waals surface area (Å²) in [5.74, 6) is 0.0430. The van der Waals surface area contributed by atoms with Crippen LogP contribution < -0.4 is 4.74 Å². The molecule has 1 aromatic heterocycles. The third kappa shape index (κ3) is 4.94. The number of rotatable bonds is 5. The van der Waals surface area contributed by atoms with Crippen molar-refractivity contribution in [1.29, 1.82) is 0 Å². The molecule has 0 aliphatic carbocycles. The molecule has 168 valence electrons. The number of likely N-dealkylation sites (N-methyl/N-ethyl adjacent to an activating group) is 1. The van der Waals surface area contributed by atoms with Crippen molar-refractivity contribution in [2.24, 2.45) is 0 Å². The van der Waals surface area contributed by atoms with Crippen LogP contribution in [0.4, 0.5) is 13.2 Å². The van der Waals surface area contributed by atoms with Gasteiger partial charge in [-0.3, -0.25) is 9.69 Å². The SMILES string of the molecule is CN1CCN(C(=O)c2cc(COc3cccc(C(F)(F)F)c3)on2)CC1c1ccccc1. The molecule has 1 unspecified atom stereocenters. The van der Waals surface area contributed by atoms with Crippen molar-refractivity contribution in [2.75, 3.05) is 26.7 Å². The Labute approximate surface area is 183 Å². The van der Waals surface area contributed by atoms with Crippen LogP contribution in [0.15, 0.2) is 65.2 Å². The molecule has 0 radical (unpaired) electrons. The highest BCUT2D eigenvalue weighted by molar-refractivity contribution is 5.92. The fraction of sp³-hybridized carbons (Fsp3) is 0.304. The zero-order valence-electron chi connectivity index (χ0n) is 17.4. The second kappa shape index (κ2) is 9.04. The van der Waals surface area contributed by atoms with Gasteiger partial charge >= 0.3 is 6.18 Å². The lowest BCUT2D eigenvalue weighted by atomic mass is 10.0. The molecule has 1 amide bonds. The molecule has 6 nitrogen and oxygen atoms in total. The highest BCUT2D eigenvalue weighted by Crippen LogP contribution is 2.31. The van der Waals surface area contributed by atoms with Crippen molar-refractivity contribution in [1.82, 2.24) is 15.0 Å². The average Bonchev–Trinajstić information content (AvgIpc) is 3.27. The molecule has 2 heterocycles. The highest BCUT2D eigenvalue weighted by atomic mass is 19.4. The van der Waals surface area contributed by atoms with E-state index in [1.165, 1.54) is 18.2 Å².